The number of para-hydroxylation sites is 1. The van der Waals surface area contributed by atoms with E-state index in [1.54, 1.807) is 6.26 Å². The molecule has 152 valence electrons. The van der Waals surface area contributed by atoms with Crippen LogP contribution in [-0.4, -0.2) is 37.1 Å². The fourth-order valence-corrected chi connectivity index (χ4v) is 4.00. The van der Waals surface area contributed by atoms with Gasteiger partial charge in [0.05, 0.1) is 31.5 Å². The lowest BCUT2D eigenvalue weighted by atomic mass is 10.0. The fraction of sp³-hybridized carbons (Fsp3) is 0.476. The number of guanidine groups is 1. The first-order valence-corrected chi connectivity index (χ1v) is 9.87. The Hall–Kier alpha value is -1.74. The average Bonchev–Trinajstić information content (AvgIpc) is 3.24. The fourth-order valence-electron chi connectivity index (χ4n) is 4.00. The number of ether oxygens (including phenoxy) is 1. The van der Waals surface area contributed by atoms with E-state index < -0.39 is 0 Å². The Morgan fingerprint density at radius 1 is 1.18 bits per heavy atom. The number of fused-ring (bicyclic) bond motifs is 1. The molecular weight excluding hydrogens is 467 g/mol. The summed E-state index contributed by atoms with van der Waals surface area (Å²) in [7, 11) is 0. The number of rotatable bonds is 5. The number of hydrogen-bond donors (Lipinski definition) is 2. The number of nitrogens with zero attached hydrogens (tertiary/aromatic N) is 2. The second kappa shape index (κ2) is 10.2. The third kappa shape index (κ3) is 5.00. The summed E-state index contributed by atoms with van der Waals surface area (Å²) in [6.45, 7) is 3.45. The van der Waals surface area contributed by atoms with Gasteiger partial charge in [-0.25, -0.2) is 0 Å². The van der Waals surface area contributed by atoms with Gasteiger partial charge in [-0.05, 0) is 44.1 Å². The van der Waals surface area contributed by atoms with Crippen LogP contribution < -0.4 is 15.8 Å². The molecule has 6 nitrogen and oxygen atoms in total. The van der Waals surface area contributed by atoms with Gasteiger partial charge in [-0.1, -0.05) is 24.6 Å². The van der Waals surface area contributed by atoms with Crippen molar-refractivity contribution in [2.75, 3.05) is 26.2 Å². The molecule has 0 amide bonds. The molecule has 2 aliphatic heterocycles. The minimum Gasteiger partial charge on any atom is -0.493 e. The number of hydrogen-bond acceptors (Lipinski definition) is 4. The summed E-state index contributed by atoms with van der Waals surface area (Å²) >= 11 is 0. The van der Waals surface area contributed by atoms with Gasteiger partial charge in [-0.3, -0.25) is 9.89 Å². The van der Waals surface area contributed by atoms with E-state index in [2.05, 4.69) is 21.3 Å². The molecule has 2 atom stereocenters. The van der Waals surface area contributed by atoms with Crippen molar-refractivity contribution in [3.8, 4) is 5.75 Å². The monoisotopic (exact) mass is 496 g/mol. The molecule has 2 aliphatic rings. The first-order valence-electron chi connectivity index (χ1n) is 9.87. The minimum atomic E-state index is 0. The van der Waals surface area contributed by atoms with Crippen LogP contribution >= 0.6 is 24.0 Å². The summed E-state index contributed by atoms with van der Waals surface area (Å²) in [6.07, 6.45) is 6.37. The molecule has 0 aliphatic carbocycles. The van der Waals surface area contributed by atoms with E-state index in [1.807, 2.05) is 30.3 Å². The number of benzene rings is 1. The molecule has 3 heterocycles. The molecule has 2 aromatic rings. The predicted octanol–water partition coefficient (Wildman–Crippen LogP) is 3.85. The summed E-state index contributed by atoms with van der Waals surface area (Å²) < 4.78 is 11.4. The number of likely N-dealkylation sites (tertiary alicyclic amines) is 1. The third-order valence-corrected chi connectivity index (χ3v) is 5.42. The number of halogens is 1. The topological polar surface area (TPSA) is 76.0 Å². The van der Waals surface area contributed by atoms with Crippen LogP contribution in [0.2, 0.25) is 0 Å². The Balaban J connectivity index is 0.00000225. The van der Waals surface area contributed by atoms with Crippen LogP contribution in [0.3, 0.4) is 0 Å². The average molecular weight is 496 g/mol. The van der Waals surface area contributed by atoms with Crippen LogP contribution in [0.15, 0.2) is 52.1 Å². The van der Waals surface area contributed by atoms with Crippen molar-refractivity contribution < 1.29 is 9.15 Å². The van der Waals surface area contributed by atoms with Crippen LogP contribution in [0.25, 0.3) is 0 Å². The Morgan fingerprint density at radius 2 is 2.00 bits per heavy atom. The van der Waals surface area contributed by atoms with Crippen molar-refractivity contribution in [2.45, 2.75) is 37.8 Å². The lowest BCUT2D eigenvalue weighted by Gasteiger charge is -2.32. The van der Waals surface area contributed by atoms with Crippen molar-refractivity contribution in [2.24, 2.45) is 10.7 Å². The number of aliphatic imine (C=N–C) groups is 1. The Kier molecular flexibility index (Phi) is 7.61. The van der Waals surface area contributed by atoms with Gasteiger partial charge in [0, 0.05) is 12.0 Å². The maximum Gasteiger partial charge on any atom is 0.189 e. The molecule has 0 saturated carbocycles. The highest BCUT2D eigenvalue weighted by atomic mass is 127. The van der Waals surface area contributed by atoms with Gasteiger partial charge in [0.2, 0.25) is 0 Å². The quantitative estimate of drug-likeness (QED) is 0.374. The van der Waals surface area contributed by atoms with Gasteiger partial charge in [0.1, 0.15) is 11.5 Å². The van der Waals surface area contributed by atoms with Crippen molar-refractivity contribution in [1.29, 1.82) is 0 Å². The largest absolute Gasteiger partial charge is 0.493 e. The van der Waals surface area contributed by atoms with Gasteiger partial charge >= 0.3 is 0 Å². The highest BCUT2D eigenvalue weighted by Crippen LogP contribution is 2.31. The Morgan fingerprint density at radius 3 is 2.79 bits per heavy atom. The smallest absolute Gasteiger partial charge is 0.189 e. The number of piperidine rings is 1. The normalized spacial score (nSPS) is 21.1. The molecule has 2 unspecified atom stereocenters. The van der Waals surface area contributed by atoms with E-state index in [0.717, 1.165) is 36.6 Å². The second-order valence-electron chi connectivity index (χ2n) is 7.23. The maximum absolute atomic E-state index is 6.24. The summed E-state index contributed by atoms with van der Waals surface area (Å²) in [5.41, 5.74) is 7.38. The Bertz CT molecular complexity index is 760. The molecule has 7 heteroatoms. The van der Waals surface area contributed by atoms with Gasteiger partial charge in [0.15, 0.2) is 5.96 Å². The zero-order chi connectivity index (χ0) is 18.5. The molecule has 0 bridgehead atoms. The van der Waals surface area contributed by atoms with Crippen LogP contribution in [0.4, 0.5) is 0 Å². The summed E-state index contributed by atoms with van der Waals surface area (Å²) in [4.78, 5) is 7.12. The van der Waals surface area contributed by atoms with Gasteiger partial charge in [0.25, 0.3) is 0 Å². The second-order valence-corrected chi connectivity index (χ2v) is 7.23. The molecule has 1 aromatic heterocycles. The van der Waals surface area contributed by atoms with E-state index in [-0.39, 0.29) is 36.1 Å². The van der Waals surface area contributed by atoms with Crippen molar-refractivity contribution in [1.82, 2.24) is 10.2 Å². The number of nitrogens with two attached hydrogens (primary N) is 1. The molecule has 1 aromatic carbocycles. The zero-order valence-electron chi connectivity index (χ0n) is 16.0. The highest BCUT2D eigenvalue weighted by Gasteiger charge is 2.25. The first-order chi connectivity index (χ1) is 13.3. The van der Waals surface area contributed by atoms with Crippen LogP contribution in [-0.2, 0) is 0 Å². The summed E-state index contributed by atoms with van der Waals surface area (Å²) in [5.74, 6) is 2.37. The minimum absolute atomic E-state index is 0. The van der Waals surface area contributed by atoms with Crippen LogP contribution in [0.5, 0.6) is 5.75 Å². The zero-order valence-corrected chi connectivity index (χ0v) is 18.4. The van der Waals surface area contributed by atoms with Crippen LogP contribution in [0, 0.1) is 0 Å². The molecule has 0 radical (unpaired) electrons. The molecule has 4 rings (SSSR count). The standard InChI is InChI=1S/C21H28N4O2.HI/c22-21(24-17-10-14-27-19-8-3-2-7-16(17)19)23-15-18(20-9-6-13-26-20)25-11-4-1-5-12-25;/h2-3,6-9,13,17-18H,1,4-5,10-12,14-15H2,(H3,22,23,24);1H. The molecule has 0 spiro atoms. The summed E-state index contributed by atoms with van der Waals surface area (Å²) in [5, 5.41) is 3.38. The lowest BCUT2D eigenvalue weighted by molar-refractivity contribution is 0.150. The highest BCUT2D eigenvalue weighted by molar-refractivity contribution is 14.0. The van der Waals surface area contributed by atoms with E-state index in [4.69, 9.17) is 14.9 Å². The van der Waals surface area contributed by atoms with E-state index in [9.17, 15) is 0 Å². The maximum atomic E-state index is 6.24. The van der Waals surface area contributed by atoms with E-state index in [1.165, 1.54) is 19.3 Å². The van der Waals surface area contributed by atoms with Crippen molar-refractivity contribution in [3.63, 3.8) is 0 Å². The van der Waals surface area contributed by atoms with Crippen LogP contribution in [0.1, 0.15) is 49.1 Å². The van der Waals surface area contributed by atoms with Gasteiger partial charge in [-0.2, -0.15) is 0 Å². The first kappa shape index (κ1) is 21.0. The molecule has 1 fully saturated rings. The van der Waals surface area contributed by atoms with Gasteiger partial charge in [-0.15, -0.1) is 24.0 Å². The molecule has 3 N–H and O–H groups in total. The van der Waals surface area contributed by atoms with Gasteiger partial charge < -0.3 is 20.2 Å². The van der Waals surface area contributed by atoms with Crippen molar-refractivity contribution in [3.05, 3.63) is 54.0 Å². The Labute approximate surface area is 183 Å². The number of furan rings is 1. The number of nitrogens with one attached hydrogen (secondary N) is 1. The molecular formula is C21H29IN4O2. The summed E-state index contributed by atoms with van der Waals surface area (Å²) in [6, 6.07) is 12.4. The molecule has 1 saturated heterocycles. The third-order valence-electron chi connectivity index (χ3n) is 5.42. The van der Waals surface area contributed by atoms with Crippen molar-refractivity contribution >= 4 is 29.9 Å². The predicted molar refractivity (Wildman–Crippen MR) is 121 cm³/mol. The van der Waals surface area contributed by atoms with E-state index in [0.29, 0.717) is 19.1 Å². The van der Waals surface area contributed by atoms with E-state index >= 15 is 0 Å². The molecule has 28 heavy (non-hydrogen) atoms. The lowest BCUT2D eigenvalue weighted by Crippen LogP contribution is -2.39. The SMILES string of the molecule is I.NC(=NCC(c1ccco1)N1CCCCC1)NC1CCOc2ccccc21.